The van der Waals surface area contributed by atoms with E-state index >= 15 is 0 Å². The van der Waals surface area contributed by atoms with Crippen molar-refractivity contribution in [3.63, 3.8) is 0 Å². The maximum atomic E-state index is 11.1. The van der Waals surface area contributed by atoms with Crippen LogP contribution in [0.25, 0.3) is 0 Å². The van der Waals surface area contributed by atoms with Crippen LogP contribution in [0, 0.1) is 10.1 Å². The summed E-state index contributed by atoms with van der Waals surface area (Å²) in [6.45, 7) is 0. The predicted octanol–water partition coefficient (Wildman–Crippen LogP) is 2.13. The van der Waals surface area contributed by atoms with Crippen molar-refractivity contribution in [1.82, 2.24) is 0 Å². The lowest BCUT2D eigenvalue weighted by Crippen LogP contribution is -2.28. The normalized spacial score (nSPS) is 12.4. The second-order valence-electron chi connectivity index (χ2n) is 4.65. The highest BCUT2D eigenvalue weighted by molar-refractivity contribution is 7.87. The first-order valence-electron chi connectivity index (χ1n) is 6.53. The van der Waals surface area contributed by atoms with Crippen molar-refractivity contribution in [3.05, 3.63) is 70.3 Å². The lowest BCUT2D eigenvalue weighted by molar-refractivity contribution is -0.562. The van der Waals surface area contributed by atoms with E-state index in [0.717, 1.165) is 0 Å². The summed E-state index contributed by atoms with van der Waals surface area (Å²) in [5, 5.41) is 11.1. The Kier molecular flexibility index (Phi) is 5.14. The van der Waals surface area contributed by atoms with Gasteiger partial charge < -0.3 is 4.74 Å². The molecule has 0 saturated heterocycles. The van der Waals surface area contributed by atoms with Crippen LogP contribution in [0.4, 0.5) is 5.69 Å². The molecular weight excluding hydrogens is 324 g/mol. The van der Waals surface area contributed by atoms with E-state index in [1.807, 2.05) is 4.72 Å². The fraction of sp³-hybridized carbons (Fsp3) is 0.143. The molecule has 2 aromatic carbocycles. The second kappa shape index (κ2) is 7.07. The van der Waals surface area contributed by atoms with Gasteiger partial charge in [-0.25, -0.2) is 0 Å². The van der Waals surface area contributed by atoms with E-state index in [4.69, 9.17) is 9.29 Å². The third-order valence-electron chi connectivity index (χ3n) is 2.86. The minimum absolute atomic E-state index is 0.00799. The van der Waals surface area contributed by atoms with Crippen LogP contribution >= 0.6 is 0 Å². The van der Waals surface area contributed by atoms with E-state index in [0.29, 0.717) is 11.3 Å². The van der Waals surface area contributed by atoms with Crippen LogP contribution in [0.5, 0.6) is 5.75 Å². The number of para-hydroxylation sites is 1. The highest BCUT2D eigenvalue weighted by Crippen LogP contribution is 2.16. The SMILES string of the molecule is O=[N+]([O-])C(Cc1ccc(NS(=O)(=O)O)cc1)Oc1ccccc1. The van der Waals surface area contributed by atoms with Gasteiger partial charge in [0.25, 0.3) is 0 Å². The van der Waals surface area contributed by atoms with Gasteiger partial charge >= 0.3 is 16.5 Å². The van der Waals surface area contributed by atoms with Crippen LogP contribution in [0.3, 0.4) is 0 Å². The monoisotopic (exact) mass is 338 g/mol. The molecule has 0 heterocycles. The maximum absolute atomic E-state index is 11.1. The summed E-state index contributed by atoms with van der Waals surface area (Å²) in [4.78, 5) is 10.6. The number of nitrogens with zero attached hydrogens (tertiary/aromatic N) is 1. The Morgan fingerprint density at radius 2 is 1.74 bits per heavy atom. The lowest BCUT2D eigenvalue weighted by atomic mass is 10.1. The highest BCUT2D eigenvalue weighted by atomic mass is 32.2. The molecule has 23 heavy (non-hydrogen) atoms. The van der Waals surface area contributed by atoms with Gasteiger partial charge in [-0.05, 0) is 29.8 Å². The molecule has 2 rings (SSSR count). The number of anilines is 1. The van der Waals surface area contributed by atoms with Crippen LogP contribution in [0.15, 0.2) is 54.6 Å². The summed E-state index contributed by atoms with van der Waals surface area (Å²) in [6, 6.07) is 14.2. The quantitative estimate of drug-likeness (QED) is 0.345. The minimum atomic E-state index is -4.35. The van der Waals surface area contributed by atoms with Crippen molar-refractivity contribution < 1.29 is 22.6 Å². The van der Waals surface area contributed by atoms with E-state index in [2.05, 4.69) is 0 Å². The Hall–Kier alpha value is -2.65. The third kappa shape index (κ3) is 5.57. The first kappa shape index (κ1) is 16.7. The Morgan fingerprint density at radius 3 is 2.26 bits per heavy atom. The van der Waals surface area contributed by atoms with E-state index in [1.54, 1.807) is 30.3 Å². The Balaban J connectivity index is 2.07. The summed E-state index contributed by atoms with van der Waals surface area (Å²) in [7, 11) is -4.35. The van der Waals surface area contributed by atoms with Gasteiger partial charge in [0.2, 0.25) is 0 Å². The predicted molar refractivity (Wildman–Crippen MR) is 83.2 cm³/mol. The number of hydrogen-bond donors (Lipinski definition) is 2. The molecule has 0 fully saturated rings. The Morgan fingerprint density at radius 1 is 1.13 bits per heavy atom. The average Bonchev–Trinajstić information content (AvgIpc) is 2.48. The zero-order valence-electron chi connectivity index (χ0n) is 11.8. The lowest BCUT2D eigenvalue weighted by Gasteiger charge is -2.12. The molecule has 0 aromatic heterocycles. The van der Waals surface area contributed by atoms with Gasteiger partial charge in [0.15, 0.2) is 0 Å². The summed E-state index contributed by atoms with van der Waals surface area (Å²) >= 11 is 0. The zero-order valence-corrected chi connectivity index (χ0v) is 12.6. The van der Waals surface area contributed by atoms with Crippen molar-refractivity contribution in [3.8, 4) is 5.75 Å². The van der Waals surface area contributed by atoms with Crippen molar-refractivity contribution in [2.45, 2.75) is 12.6 Å². The van der Waals surface area contributed by atoms with Gasteiger partial charge in [0.1, 0.15) is 5.75 Å². The van der Waals surface area contributed by atoms with Crippen LogP contribution in [-0.2, 0) is 16.7 Å². The molecule has 2 N–H and O–H groups in total. The summed E-state index contributed by atoms with van der Waals surface area (Å²) in [5.41, 5.74) is 0.737. The number of benzene rings is 2. The molecule has 0 saturated carbocycles. The Bertz CT molecular complexity index is 762. The number of nitro groups is 1. The molecule has 0 aliphatic heterocycles. The molecule has 0 aliphatic carbocycles. The van der Waals surface area contributed by atoms with Crippen molar-refractivity contribution in [2.75, 3.05) is 4.72 Å². The largest absolute Gasteiger partial charge is 0.430 e. The van der Waals surface area contributed by atoms with Crippen LogP contribution in [-0.4, -0.2) is 24.1 Å². The second-order valence-corrected chi connectivity index (χ2v) is 5.80. The molecule has 2 aromatic rings. The highest BCUT2D eigenvalue weighted by Gasteiger charge is 2.22. The van der Waals surface area contributed by atoms with Gasteiger partial charge in [-0.2, -0.15) is 8.42 Å². The fourth-order valence-electron chi connectivity index (χ4n) is 1.87. The Labute approximate surface area is 132 Å². The third-order valence-corrected chi connectivity index (χ3v) is 3.36. The van der Waals surface area contributed by atoms with Crippen molar-refractivity contribution in [1.29, 1.82) is 0 Å². The molecule has 0 bridgehead atoms. The number of nitrogens with one attached hydrogen (secondary N) is 1. The van der Waals surface area contributed by atoms with E-state index in [9.17, 15) is 18.5 Å². The molecule has 0 radical (unpaired) electrons. The van der Waals surface area contributed by atoms with E-state index in [1.165, 1.54) is 24.3 Å². The van der Waals surface area contributed by atoms with Crippen molar-refractivity contribution in [2.24, 2.45) is 0 Å². The molecular formula is C14H14N2O6S. The average molecular weight is 338 g/mol. The standard InChI is InChI=1S/C14H14N2O6S/c17-16(18)14(22-13-4-2-1-3-5-13)10-11-6-8-12(9-7-11)15-23(19,20)21/h1-9,14-15H,10H2,(H,19,20,21). The van der Waals surface area contributed by atoms with Crippen LogP contribution in [0.1, 0.15) is 5.56 Å². The molecule has 1 unspecified atom stereocenters. The summed E-state index contributed by atoms with van der Waals surface area (Å²) in [6.07, 6.45) is -1.26. The summed E-state index contributed by atoms with van der Waals surface area (Å²) in [5.74, 6) is 0.388. The first-order valence-corrected chi connectivity index (χ1v) is 7.97. The maximum Gasteiger partial charge on any atom is 0.357 e. The van der Waals surface area contributed by atoms with Gasteiger partial charge in [0, 0.05) is 0 Å². The topological polar surface area (TPSA) is 119 Å². The fourth-order valence-corrected chi connectivity index (χ4v) is 2.31. The molecule has 8 nitrogen and oxygen atoms in total. The molecule has 0 amide bonds. The molecule has 1 atom stereocenters. The molecule has 122 valence electrons. The van der Waals surface area contributed by atoms with Crippen LogP contribution < -0.4 is 9.46 Å². The zero-order chi connectivity index (χ0) is 16.9. The van der Waals surface area contributed by atoms with Gasteiger partial charge in [-0.1, -0.05) is 30.3 Å². The minimum Gasteiger partial charge on any atom is -0.430 e. The first-order chi connectivity index (χ1) is 10.8. The molecule has 0 aliphatic rings. The van der Waals surface area contributed by atoms with Gasteiger partial charge in [0.05, 0.1) is 17.0 Å². The number of rotatable bonds is 7. The number of hydrogen-bond acceptors (Lipinski definition) is 5. The van der Waals surface area contributed by atoms with Gasteiger partial charge in [-0.15, -0.1) is 0 Å². The molecule has 0 spiro atoms. The van der Waals surface area contributed by atoms with E-state index < -0.39 is 21.5 Å². The van der Waals surface area contributed by atoms with Crippen LogP contribution in [0.2, 0.25) is 0 Å². The summed E-state index contributed by atoms with van der Waals surface area (Å²) < 4.78 is 37.3. The van der Waals surface area contributed by atoms with Gasteiger partial charge in [-0.3, -0.25) is 19.4 Å². The van der Waals surface area contributed by atoms with Crippen molar-refractivity contribution >= 4 is 16.0 Å². The number of ether oxygens (including phenoxy) is 1. The smallest absolute Gasteiger partial charge is 0.357 e. The van der Waals surface area contributed by atoms with E-state index in [-0.39, 0.29) is 12.1 Å². The molecule has 9 heteroatoms.